The molecule has 5 heteroatoms. The van der Waals surface area contributed by atoms with Gasteiger partial charge in [0.05, 0.1) is 5.56 Å². The summed E-state index contributed by atoms with van der Waals surface area (Å²) >= 11 is 11.5. The zero-order valence-corrected chi connectivity index (χ0v) is 11.7. The quantitative estimate of drug-likeness (QED) is 0.607. The first-order valence-electron chi connectivity index (χ1n) is 6.10. The van der Waals surface area contributed by atoms with Crippen LogP contribution in [-0.2, 0) is 4.74 Å². The predicted octanol–water partition coefficient (Wildman–Crippen LogP) is 4.12. The summed E-state index contributed by atoms with van der Waals surface area (Å²) < 4.78 is 5.52. The van der Waals surface area contributed by atoms with Crippen molar-refractivity contribution in [1.82, 2.24) is 4.98 Å². The van der Waals surface area contributed by atoms with Crippen LogP contribution < -0.4 is 0 Å². The molecule has 98 valence electrons. The number of pyridine rings is 1. The molecule has 1 aliphatic carbocycles. The topological polar surface area (TPSA) is 39.2 Å². The Morgan fingerprint density at radius 3 is 2.50 bits per heavy atom. The van der Waals surface area contributed by atoms with Crippen molar-refractivity contribution in [2.45, 2.75) is 38.7 Å². The molecular formula is C13H15Cl2NO2. The van der Waals surface area contributed by atoms with E-state index in [9.17, 15) is 4.79 Å². The van der Waals surface area contributed by atoms with Gasteiger partial charge in [0.1, 0.15) is 16.4 Å². The first kappa shape index (κ1) is 13.6. The molecule has 1 aromatic heterocycles. The first-order chi connectivity index (χ1) is 8.56. The van der Waals surface area contributed by atoms with E-state index in [1.54, 1.807) is 0 Å². The van der Waals surface area contributed by atoms with Gasteiger partial charge in [-0.3, -0.25) is 0 Å². The second-order valence-corrected chi connectivity index (χ2v) is 5.48. The molecule has 0 aliphatic heterocycles. The molecule has 3 nitrogen and oxygen atoms in total. The standard InChI is InChI=1S/C13H15Cl2NO2/c1-8-4-2-3-5-10(8)18-13(17)9-6-11(14)16-12(15)7-9/h6-8,10H,2-5H2,1H3. The fraction of sp³-hybridized carbons (Fsp3) is 0.538. The predicted molar refractivity (Wildman–Crippen MR) is 71.1 cm³/mol. The third-order valence-corrected chi connectivity index (χ3v) is 3.68. The van der Waals surface area contributed by atoms with E-state index >= 15 is 0 Å². The second kappa shape index (κ2) is 5.89. The molecular weight excluding hydrogens is 273 g/mol. The molecule has 0 N–H and O–H groups in total. The third-order valence-electron chi connectivity index (χ3n) is 3.29. The minimum atomic E-state index is -0.375. The summed E-state index contributed by atoms with van der Waals surface area (Å²) in [6.45, 7) is 2.11. The molecule has 0 radical (unpaired) electrons. The Morgan fingerprint density at radius 1 is 1.28 bits per heavy atom. The van der Waals surface area contributed by atoms with Crippen LogP contribution in [0.5, 0.6) is 0 Å². The molecule has 1 fully saturated rings. The maximum absolute atomic E-state index is 12.0. The van der Waals surface area contributed by atoms with Crippen molar-refractivity contribution in [2.24, 2.45) is 5.92 Å². The smallest absolute Gasteiger partial charge is 0.338 e. The fourth-order valence-electron chi connectivity index (χ4n) is 2.25. The SMILES string of the molecule is CC1CCCCC1OC(=O)c1cc(Cl)nc(Cl)c1. The highest BCUT2D eigenvalue weighted by Crippen LogP contribution is 2.27. The summed E-state index contributed by atoms with van der Waals surface area (Å²) in [7, 11) is 0. The van der Waals surface area contributed by atoms with Crippen LogP contribution in [0.1, 0.15) is 43.0 Å². The van der Waals surface area contributed by atoms with E-state index in [1.807, 2.05) is 0 Å². The Hall–Kier alpha value is -0.800. The Kier molecular flexibility index (Phi) is 4.46. The molecule has 0 saturated heterocycles. The van der Waals surface area contributed by atoms with Gasteiger partial charge < -0.3 is 4.74 Å². The lowest BCUT2D eigenvalue weighted by Crippen LogP contribution is -2.28. The van der Waals surface area contributed by atoms with Crippen LogP contribution in [0.2, 0.25) is 10.3 Å². The van der Waals surface area contributed by atoms with Crippen LogP contribution in [0, 0.1) is 5.92 Å². The van der Waals surface area contributed by atoms with Crippen LogP contribution in [-0.4, -0.2) is 17.1 Å². The lowest BCUT2D eigenvalue weighted by molar-refractivity contribution is 0.00480. The lowest BCUT2D eigenvalue weighted by Gasteiger charge is -2.28. The molecule has 1 aliphatic rings. The van der Waals surface area contributed by atoms with E-state index in [-0.39, 0.29) is 22.4 Å². The minimum Gasteiger partial charge on any atom is -0.458 e. The van der Waals surface area contributed by atoms with Gasteiger partial charge in [-0.25, -0.2) is 9.78 Å². The van der Waals surface area contributed by atoms with Gasteiger partial charge in [-0.05, 0) is 37.3 Å². The number of nitrogens with zero attached hydrogens (tertiary/aromatic N) is 1. The molecule has 2 unspecified atom stereocenters. The van der Waals surface area contributed by atoms with Gasteiger partial charge in [-0.1, -0.05) is 36.5 Å². The van der Waals surface area contributed by atoms with Crippen LogP contribution in [0.4, 0.5) is 0 Å². The zero-order chi connectivity index (χ0) is 13.1. The summed E-state index contributed by atoms with van der Waals surface area (Å²) in [5.41, 5.74) is 0.359. The molecule has 0 bridgehead atoms. The molecule has 18 heavy (non-hydrogen) atoms. The molecule has 0 spiro atoms. The van der Waals surface area contributed by atoms with E-state index in [0.717, 1.165) is 19.3 Å². The number of hydrogen-bond acceptors (Lipinski definition) is 3. The van der Waals surface area contributed by atoms with Crippen LogP contribution in [0.15, 0.2) is 12.1 Å². The lowest BCUT2D eigenvalue weighted by atomic mass is 9.88. The monoisotopic (exact) mass is 287 g/mol. The number of hydrogen-bond donors (Lipinski definition) is 0. The Bertz CT molecular complexity index is 430. The van der Waals surface area contributed by atoms with Crippen molar-refractivity contribution in [2.75, 3.05) is 0 Å². The van der Waals surface area contributed by atoms with E-state index in [4.69, 9.17) is 27.9 Å². The van der Waals surface area contributed by atoms with Gasteiger partial charge in [0.25, 0.3) is 0 Å². The second-order valence-electron chi connectivity index (χ2n) is 4.71. The number of ether oxygens (including phenoxy) is 1. The number of carbonyl (C=O) groups is 1. The van der Waals surface area contributed by atoms with E-state index in [2.05, 4.69) is 11.9 Å². The molecule has 2 rings (SSSR count). The number of esters is 1. The Labute approximate surface area is 116 Å². The van der Waals surface area contributed by atoms with Gasteiger partial charge >= 0.3 is 5.97 Å². The van der Waals surface area contributed by atoms with Crippen molar-refractivity contribution in [1.29, 1.82) is 0 Å². The van der Waals surface area contributed by atoms with Gasteiger partial charge in [0.15, 0.2) is 0 Å². The Morgan fingerprint density at radius 2 is 1.89 bits per heavy atom. The fourth-order valence-corrected chi connectivity index (χ4v) is 2.71. The number of halogens is 2. The molecule has 1 aromatic rings. The average Bonchev–Trinajstić information content (AvgIpc) is 2.31. The summed E-state index contributed by atoms with van der Waals surface area (Å²) in [4.78, 5) is 15.8. The van der Waals surface area contributed by atoms with Crippen LogP contribution >= 0.6 is 23.2 Å². The zero-order valence-electron chi connectivity index (χ0n) is 10.2. The summed E-state index contributed by atoms with van der Waals surface area (Å²) in [5.74, 6) is 0.0374. The first-order valence-corrected chi connectivity index (χ1v) is 6.86. The highest BCUT2D eigenvalue weighted by atomic mass is 35.5. The van der Waals surface area contributed by atoms with E-state index in [1.165, 1.54) is 18.6 Å². The van der Waals surface area contributed by atoms with Gasteiger partial charge in [-0.15, -0.1) is 0 Å². The van der Waals surface area contributed by atoms with Crippen molar-refractivity contribution >= 4 is 29.2 Å². The molecule has 0 amide bonds. The summed E-state index contributed by atoms with van der Waals surface area (Å²) in [6.07, 6.45) is 4.36. The average molecular weight is 288 g/mol. The summed E-state index contributed by atoms with van der Waals surface area (Å²) in [6, 6.07) is 2.95. The van der Waals surface area contributed by atoms with E-state index in [0.29, 0.717) is 11.5 Å². The molecule has 0 aromatic carbocycles. The third kappa shape index (κ3) is 3.36. The number of aromatic nitrogens is 1. The van der Waals surface area contributed by atoms with Gasteiger partial charge in [-0.2, -0.15) is 0 Å². The van der Waals surface area contributed by atoms with Gasteiger partial charge in [0, 0.05) is 0 Å². The molecule has 2 atom stereocenters. The minimum absolute atomic E-state index is 0.00281. The Balaban J connectivity index is 2.06. The number of carbonyl (C=O) groups excluding carboxylic acids is 1. The van der Waals surface area contributed by atoms with Crippen LogP contribution in [0.25, 0.3) is 0 Å². The van der Waals surface area contributed by atoms with Crippen molar-refractivity contribution in [3.63, 3.8) is 0 Å². The van der Waals surface area contributed by atoms with Crippen molar-refractivity contribution in [3.8, 4) is 0 Å². The van der Waals surface area contributed by atoms with Crippen LogP contribution in [0.3, 0.4) is 0 Å². The normalized spacial score (nSPS) is 23.7. The maximum atomic E-state index is 12.0. The maximum Gasteiger partial charge on any atom is 0.338 e. The largest absolute Gasteiger partial charge is 0.458 e. The highest BCUT2D eigenvalue weighted by molar-refractivity contribution is 6.32. The number of rotatable bonds is 2. The van der Waals surface area contributed by atoms with Gasteiger partial charge in [0.2, 0.25) is 0 Å². The summed E-state index contributed by atoms with van der Waals surface area (Å²) in [5, 5.41) is 0.400. The molecule has 1 saturated carbocycles. The highest BCUT2D eigenvalue weighted by Gasteiger charge is 2.25. The van der Waals surface area contributed by atoms with Crippen molar-refractivity contribution in [3.05, 3.63) is 28.0 Å². The van der Waals surface area contributed by atoms with Crippen molar-refractivity contribution < 1.29 is 9.53 Å². The van der Waals surface area contributed by atoms with E-state index < -0.39 is 0 Å². The molecule has 1 heterocycles.